The molecule has 22 heavy (non-hydrogen) atoms. The summed E-state index contributed by atoms with van der Waals surface area (Å²) in [6.07, 6.45) is -4.38. The molecule has 2 aromatic rings. The zero-order valence-electron chi connectivity index (χ0n) is 11.3. The fourth-order valence-electron chi connectivity index (χ4n) is 1.96. The van der Waals surface area contributed by atoms with E-state index in [1.807, 2.05) is 0 Å². The van der Waals surface area contributed by atoms with Gasteiger partial charge in [-0.25, -0.2) is 0 Å². The average Bonchev–Trinajstić information content (AvgIpc) is 2.47. The summed E-state index contributed by atoms with van der Waals surface area (Å²) in [5, 5.41) is 10.1. The van der Waals surface area contributed by atoms with Crippen molar-refractivity contribution in [3.63, 3.8) is 0 Å². The number of hydrogen-bond acceptors (Lipinski definition) is 4. The Kier molecular flexibility index (Phi) is 4.25. The number of carbonyl (C=O) groups is 1. The number of halogens is 3. The van der Waals surface area contributed by atoms with E-state index in [1.54, 1.807) is 0 Å². The number of phenolic OH excluding ortho intramolecular Hbond substituents is 1. The van der Waals surface area contributed by atoms with Gasteiger partial charge in [0.05, 0.1) is 7.11 Å². The van der Waals surface area contributed by atoms with Gasteiger partial charge in [-0.3, -0.25) is 4.79 Å². The maximum Gasteiger partial charge on any atom is 0.573 e. The highest BCUT2D eigenvalue weighted by Gasteiger charge is 2.32. The van der Waals surface area contributed by atoms with Crippen LogP contribution in [0.4, 0.5) is 13.2 Å². The largest absolute Gasteiger partial charge is 0.573 e. The van der Waals surface area contributed by atoms with Crippen LogP contribution in [0.15, 0.2) is 36.4 Å². The number of aromatic hydroxyl groups is 1. The van der Waals surface area contributed by atoms with Gasteiger partial charge in [0.25, 0.3) is 0 Å². The summed E-state index contributed by atoms with van der Waals surface area (Å²) < 4.78 is 46.3. The first-order chi connectivity index (χ1) is 10.4. The summed E-state index contributed by atoms with van der Waals surface area (Å²) in [6, 6.07) is 7.83. The summed E-state index contributed by atoms with van der Waals surface area (Å²) in [6.45, 7) is 0. The Labute approximate surface area is 123 Å². The fraction of sp³-hybridized carbons (Fsp3) is 0.133. The standard InChI is InChI=1S/C15H11F3O4/c1-21-13-7-9(8-19)6-11(14(13)20)10-4-2-3-5-12(10)22-15(16,17)18/h2-8,20H,1H3. The van der Waals surface area contributed by atoms with Gasteiger partial charge < -0.3 is 14.6 Å². The highest BCUT2D eigenvalue weighted by atomic mass is 19.4. The van der Waals surface area contributed by atoms with E-state index in [2.05, 4.69) is 4.74 Å². The van der Waals surface area contributed by atoms with Gasteiger partial charge in [-0.1, -0.05) is 18.2 Å². The van der Waals surface area contributed by atoms with Gasteiger partial charge in [-0.2, -0.15) is 0 Å². The molecule has 0 unspecified atom stereocenters. The highest BCUT2D eigenvalue weighted by Crippen LogP contribution is 2.42. The zero-order valence-corrected chi connectivity index (χ0v) is 11.3. The van der Waals surface area contributed by atoms with Crippen molar-refractivity contribution in [1.82, 2.24) is 0 Å². The van der Waals surface area contributed by atoms with Crippen molar-refractivity contribution in [3.8, 4) is 28.4 Å². The lowest BCUT2D eigenvalue weighted by atomic mass is 10.0. The van der Waals surface area contributed by atoms with Crippen LogP contribution in [0.5, 0.6) is 17.2 Å². The van der Waals surface area contributed by atoms with E-state index in [4.69, 9.17) is 4.74 Å². The number of aldehydes is 1. The topological polar surface area (TPSA) is 55.8 Å². The molecule has 2 aromatic carbocycles. The van der Waals surface area contributed by atoms with E-state index >= 15 is 0 Å². The number of para-hydroxylation sites is 1. The maximum atomic E-state index is 12.5. The van der Waals surface area contributed by atoms with Crippen molar-refractivity contribution in [1.29, 1.82) is 0 Å². The van der Waals surface area contributed by atoms with E-state index < -0.39 is 12.1 Å². The number of phenols is 1. The number of ether oxygens (including phenoxy) is 2. The number of rotatable bonds is 4. The Hall–Kier alpha value is -2.70. The lowest BCUT2D eigenvalue weighted by molar-refractivity contribution is -0.274. The number of benzene rings is 2. The SMILES string of the molecule is COc1cc(C=O)cc(-c2ccccc2OC(F)(F)F)c1O. The second-order valence-corrected chi connectivity index (χ2v) is 4.28. The molecule has 0 fully saturated rings. The molecule has 0 aliphatic carbocycles. The number of methoxy groups -OCH3 is 1. The number of hydrogen-bond donors (Lipinski definition) is 1. The smallest absolute Gasteiger partial charge is 0.504 e. The molecule has 0 saturated carbocycles. The quantitative estimate of drug-likeness (QED) is 0.873. The van der Waals surface area contributed by atoms with Gasteiger partial charge in [-0.05, 0) is 18.2 Å². The predicted octanol–water partition coefficient (Wildman–Crippen LogP) is 3.78. The van der Waals surface area contributed by atoms with E-state index in [1.165, 1.54) is 37.4 Å². The van der Waals surface area contributed by atoms with Crippen LogP contribution in [0.25, 0.3) is 11.1 Å². The first kappa shape index (κ1) is 15.7. The van der Waals surface area contributed by atoms with Crippen LogP contribution < -0.4 is 9.47 Å². The summed E-state index contributed by atoms with van der Waals surface area (Å²) >= 11 is 0. The highest BCUT2D eigenvalue weighted by molar-refractivity contribution is 5.85. The molecule has 0 saturated heterocycles. The van der Waals surface area contributed by atoms with Crippen LogP contribution in [-0.4, -0.2) is 24.9 Å². The van der Waals surface area contributed by atoms with Crippen molar-refractivity contribution < 1.29 is 32.5 Å². The van der Waals surface area contributed by atoms with Crippen LogP contribution in [-0.2, 0) is 0 Å². The Morgan fingerprint density at radius 3 is 2.36 bits per heavy atom. The summed E-state index contributed by atoms with van der Waals surface area (Å²) in [5.74, 6) is -0.900. The molecule has 0 bridgehead atoms. The molecule has 0 aliphatic rings. The van der Waals surface area contributed by atoms with Crippen LogP contribution in [0.1, 0.15) is 10.4 Å². The Balaban J connectivity index is 2.64. The monoisotopic (exact) mass is 312 g/mol. The number of carbonyl (C=O) groups excluding carboxylic acids is 1. The molecule has 1 N–H and O–H groups in total. The van der Waals surface area contributed by atoms with Crippen molar-refractivity contribution in [2.45, 2.75) is 6.36 Å². The van der Waals surface area contributed by atoms with E-state index in [0.29, 0.717) is 6.29 Å². The third-order valence-electron chi connectivity index (χ3n) is 2.86. The molecule has 2 rings (SSSR count). The minimum absolute atomic E-state index is 0.00120. The maximum absolute atomic E-state index is 12.5. The van der Waals surface area contributed by atoms with E-state index in [9.17, 15) is 23.1 Å². The molecular formula is C15H11F3O4. The molecule has 0 amide bonds. The molecule has 116 valence electrons. The predicted molar refractivity (Wildman–Crippen MR) is 72.2 cm³/mol. The average molecular weight is 312 g/mol. The second-order valence-electron chi connectivity index (χ2n) is 4.28. The van der Waals surface area contributed by atoms with Gasteiger partial charge in [0, 0.05) is 16.7 Å². The van der Waals surface area contributed by atoms with Gasteiger partial charge in [-0.15, -0.1) is 13.2 Å². The van der Waals surface area contributed by atoms with E-state index in [-0.39, 0.29) is 28.2 Å². The van der Waals surface area contributed by atoms with E-state index in [0.717, 1.165) is 6.07 Å². The van der Waals surface area contributed by atoms with Gasteiger partial charge in [0.1, 0.15) is 12.0 Å². The summed E-state index contributed by atoms with van der Waals surface area (Å²) in [7, 11) is 1.27. The van der Waals surface area contributed by atoms with Crippen molar-refractivity contribution in [3.05, 3.63) is 42.0 Å². The third-order valence-corrected chi connectivity index (χ3v) is 2.86. The molecule has 4 nitrogen and oxygen atoms in total. The first-order valence-electron chi connectivity index (χ1n) is 6.07. The van der Waals surface area contributed by atoms with Gasteiger partial charge in [0.2, 0.25) is 0 Å². The van der Waals surface area contributed by atoms with Gasteiger partial charge in [0.15, 0.2) is 11.5 Å². The Bertz CT molecular complexity index is 696. The molecule has 0 radical (unpaired) electrons. The van der Waals surface area contributed by atoms with Crippen molar-refractivity contribution in [2.75, 3.05) is 7.11 Å². The molecule has 0 aliphatic heterocycles. The third kappa shape index (κ3) is 3.30. The summed E-state index contributed by atoms with van der Waals surface area (Å²) in [5.41, 5.74) is 0.132. The molecule has 7 heteroatoms. The minimum Gasteiger partial charge on any atom is -0.504 e. The van der Waals surface area contributed by atoms with Gasteiger partial charge >= 0.3 is 6.36 Å². The normalized spacial score (nSPS) is 11.1. The van der Waals surface area contributed by atoms with Crippen molar-refractivity contribution >= 4 is 6.29 Å². The summed E-state index contributed by atoms with van der Waals surface area (Å²) in [4.78, 5) is 10.9. The molecule has 0 atom stereocenters. The molecular weight excluding hydrogens is 301 g/mol. The minimum atomic E-state index is -4.88. The fourth-order valence-corrected chi connectivity index (χ4v) is 1.96. The van der Waals surface area contributed by atoms with Crippen LogP contribution in [0, 0.1) is 0 Å². The lowest BCUT2D eigenvalue weighted by Gasteiger charge is -2.15. The van der Waals surface area contributed by atoms with Crippen LogP contribution >= 0.6 is 0 Å². The lowest BCUT2D eigenvalue weighted by Crippen LogP contribution is -2.17. The second kappa shape index (κ2) is 5.97. The van der Waals surface area contributed by atoms with Crippen LogP contribution in [0.2, 0.25) is 0 Å². The zero-order chi connectivity index (χ0) is 16.3. The first-order valence-corrected chi connectivity index (χ1v) is 6.07. The van der Waals surface area contributed by atoms with Crippen molar-refractivity contribution in [2.24, 2.45) is 0 Å². The Morgan fingerprint density at radius 2 is 1.77 bits per heavy atom. The number of alkyl halides is 3. The van der Waals surface area contributed by atoms with Crippen LogP contribution in [0.3, 0.4) is 0 Å². The Morgan fingerprint density at radius 1 is 1.09 bits per heavy atom. The molecule has 0 aromatic heterocycles. The molecule has 0 heterocycles. The molecule has 0 spiro atoms.